The fourth-order valence-electron chi connectivity index (χ4n) is 3.74. The molecule has 0 unspecified atom stereocenters. The van der Waals surface area contributed by atoms with Gasteiger partial charge < -0.3 is 16.0 Å². The van der Waals surface area contributed by atoms with E-state index in [2.05, 4.69) is 26.9 Å². The van der Waals surface area contributed by atoms with Crippen LogP contribution in [0.15, 0.2) is 60.0 Å². The summed E-state index contributed by atoms with van der Waals surface area (Å²) >= 11 is 7.87. The van der Waals surface area contributed by atoms with E-state index in [1.165, 1.54) is 11.1 Å². The molecule has 2 aromatic carbocycles. The van der Waals surface area contributed by atoms with Crippen LogP contribution in [0.3, 0.4) is 0 Å². The molecule has 2 heterocycles. The third kappa shape index (κ3) is 5.88. The number of urea groups is 1. The molecule has 166 valence electrons. The first kappa shape index (κ1) is 22.3. The lowest BCUT2D eigenvalue weighted by Crippen LogP contribution is -2.39. The molecule has 0 aliphatic carbocycles. The van der Waals surface area contributed by atoms with Crippen LogP contribution < -0.4 is 16.0 Å². The van der Waals surface area contributed by atoms with Crippen molar-refractivity contribution in [3.05, 3.63) is 86.6 Å². The molecule has 6 nitrogen and oxygen atoms in total. The number of fused-ring (bicyclic) bond motifs is 1. The Balaban J connectivity index is 1.22. The van der Waals surface area contributed by atoms with E-state index in [4.69, 9.17) is 11.6 Å². The summed E-state index contributed by atoms with van der Waals surface area (Å²) in [4.78, 5) is 28.1. The van der Waals surface area contributed by atoms with Gasteiger partial charge >= 0.3 is 6.03 Å². The molecule has 0 saturated heterocycles. The minimum atomic E-state index is -0.290. The first-order valence-corrected chi connectivity index (χ1v) is 11.8. The third-order valence-electron chi connectivity index (χ3n) is 5.39. The summed E-state index contributed by atoms with van der Waals surface area (Å²) in [6.45, 7) is 3.53. The number of hydrogen-bond acceptors (Lipinski definition) is 4. The van der Waals surface area contributed by atoms with Crippen molar-refractivity contribution in [1.29, 1.82) is 0 Å². The summed E-state index contributed by atoms with van der Waals surface area (Å²) in [6.07, 6.45) is 0.919. The maximum absolute atomic E-state index is 12.4. The standard InChI is InChI=1S/C24H25ClN4O2S/c25-22-8-2-5-18-16-29(11-9-21(18)22)12-10-26-24(31)28-19-6-1-4-17(14-19)23(30)27-15-20-7-3-13-32-20/h1-8,13-14H,9-12,15-16H2,(H,27,30)(H2,26,28,31). The molecule has 4 rings (SSSR count). The minimum Gasteiger partial charge on any atom is -0.347 e. The van der Waals surface area contributed by atoms with Crippen molar-refractivity contribution in [2.75, 3.05) is 25.0 Å². The number of nitrogens with zero attached hydrogens (tertiary/aromatic N) is 1. The van der Waals surface area contributed by atoms with E-state index in [1.807, 2.05) is 29.6 Å². The van der Waals surface area contributed by atoms with Gasteiger partial charge in [-0.3, -0.25) is 9.69 Å². The van der Waals surface area contributed by atoms with Crippen LogP contribution in [0.4, 0.5) is 10.5 Å². The Bertz CT molecular complexity index is 1090. The highest BCUT2D eigenvalue weighted by atomic mass is 35.5. The Hall–Kier alpha value is -2.87. The van der Waals surface area contributed by atoms with Gasteiger partial charge in [-0.05, 0) is 53.3 Å². The predicted molar refractivity (Wildman–Crippen MR) is 129 cm³/mol. The molecule has 1 aromatic heterocycles. The fraction of sp³-hybridized carbons (Fsp3) is 0.250. The first-order chi connectivity index (χ1) is 15.6. The molecule has 0 saturated carbocycles. The average Bonchev–Trinajstić information content (AvgIpc) is 3.31. The molecule has 3 amide bonds. The normalized spacial score (nSPS) is 13.3. The number of thiophene rings is 1. The molecule has 0 bridgehead atoms. The summed E-state index contributed by atoms with van der Waals surface area (Å²) in [6, 6.07) is 16.6. The zero-order valence-corrected chi connectivity index (χ0v) is 19.1. The predicted octanol–water partition coefficient (Wildman–Crippen LogP) is 4.51. The lowest BCUT2D eigenvalue weighted by atomic mass is 10.00. The van der Waals surface area contributed by atoms with Crippen molar-refractivity contribution >= 4 is 40.6 Å². The van der Waals surface area contributed by atoms with Gasteiger partial charge in [0.05, 0.1) is 6.54 Å². The van der Waals surface area contributed by atoms with Crippen molar-refractivity contribution in [3.63, 3.8) is 0 Å². The number of amides is 3. The van der Waals surface area contributed by atoms with Crippen molar-refractivity contribution in [2.24, 2.45) is 0 Å². The Morgan fingerprint density at radius 3 is 2.78 bits per heavy atom. The largest absolute Gasteiger partial charge is 0.347 e. The zero-order valence-electron chi connectivity index (χ0n) is 17.6. The molecule has 8 heteroatoms. The van der Waals surface area contributed by atoms with Gasteiger partial charge in [-0.25, -0.2) is 4.79 Å². The second-order valence-corrected chi connectivity index (χ2v) is 9.07. The molecule has 0 radical (unpaired) electrons. The van der Waals surface area contributed by atoms with E-state index < -0.39 is 0 Å². The third-order valence-corrected chi connectivity index (χ3v) is 6.62. The van der Waals surface area contributed by atoms with Gasteiger partial charge in [0.25, 0.3) is 5.91 Å². The maximum Gasteiger partial charge on any atom is 0.319 e. The summed E-state index contributed by atoms with van der Waals surface area (Å²) in [5, 5.41) is 11.4. The molecular formula is C24H25ClN4O2S. The molecule has 3 aromatic rings. The highest BCUT2D eigenvalue weighted by molar-refractivity contribution is 7.09. The highest BCUT2D eigenvalue weighted by Gasteiger charge is 2.18. The minimum absolute atomic E-state index is 0.173. The molecule has 3 N–H and O–H groups in total. The van der Waals surface area contributed by atoms with Gasteiger partial charge in [-0.1, -0.05) is 35.9 Å². The summed E-state index contributed by atoms with van der Waals surface area (Å²) in [5.74, 6) is -0.173. The van der Waals surface area contributed by atoms with Gasteiger partial charge in [0.15, 0.2) is 0 Å². The van der Waals surface area contributed by atoms with Crippen LogP contribution in [0.25, 0.3) is 0 Å². The van der Waals surface area contributed by atoms with Gasteiger partial charge in [0.1, 0.15) is 0 Å². The van der Waals surface area contributed by atoms with Crippen molar-refractivity contribution < 1.29 is 9.59 Å². The molecule has 0 spiro atoms. The number of carbonyl (C=O) groups excluding carboxylic acids is 2. The molecule has 1 aliphatic rings. The quantitative estimate of drug-likeness (QED) is 0.477. The first-order valence-electron chi connectivity index (χ1n) is 10.5. The topological polar surface area (TPSA) is 73.5 Å². The number of nitrogens with one attached hydrogen (secondary N) is 3. The van der Waals surface area contributed by atoms with Crippen molar-refractivity contribution in [3.8, 4) is 0 Å². The average molecular weight is 469 g/mol. The van der Waals surface area contributed by atoms with Crippen LogP contribution >= 0.6 is 22.9 Å². The Morgan fingerprint density at radius 1 is 1.06 bits per heavy atom. The molecule has 32 heavy (non-hydrogen) atoms. The van der Waals surface area contributed by atoms with Crippen molar-refractivity contribution in [2.45, 2.75) is 19.5 Å². The maximum atomic E-state index is 12.4. The van der Waals surface area contributed by atoms with E-state index >= 15 is 0 Å². The van der Waals surface area contributed by atoms with Crippen LogP contribution in [-0.2, 0) is 19.5 Å². The lowest BCUT2D eigenvalue weighted by molar-refractivity contribution is 0.0951. The fourth-order valence-corrected chi connectivity index (χ4v) is 4.67. The van der Waals surface area contributed by atoms with Crippen LogP contribution in [0.5, 0.6) is 0 Å². The van der Waals surface area contributed by atoms with Crippen LogP contribution in [0.1, 0.15) is 26.4 Å². The van der Waals surface area contributed by atoms with Gasteiger partial charge in [-0.15, -0.1) is 11.3 Å². The smallest absolute Gasteiger partial charge is 0.319 e. The number of rotatable bonds is 7. The Morgan fingerprint density at radius 2 is 1.94 bits per heavy atom. The zero-order chi connectivity index (χ0) is 22.3. The van der Waals surface area contributed by atoms with E-state index in [9.17, 15) is 9.59 Å². The SMILES string of the molecule is O=C(NCCN1CCc2c(Cl)cccc2C1)Nc1cccc(C(=O)NCc2cccs2)c1. The molecule has 0 fully saturated rings. The van der Waals surface area contributed by atoms with E-state index in [1.54, 1.807) is 35.6 Å². The summed E-state index contributed by atoms with van der Waals surface area (Å²) in [5.41, 5.74) is 3.57. The van der Waals surface area contributed by atoms with Gasteiger partial charge in [0, 0.05) is 47.3 Å². The number of carbonyl (C=O) groups is 2. The monoisotopic (exact) mass is 468 g/mol. The van der Waals surface area contributed by atoms with Crippen LogP contribution in [0, 0.1) is 0 Å². The van der Waals surface area contributed by atoms with Crippen molar-refractivity contribution in [1.82, 2.24) is 15.5 Å². The second-order valence-electron chi connectivity index (χ2n) is 7.63. The number of halogens is 1. The Kier molecular flexibility index (Phi) is 7.42. The van der Waals surface area contributed by atoms with E-state index in [0.29, 0.717) is 24.3 Å². The number of anilines is 1. The number of benzene rings is 2. The van der Waals surface area contributed by atoms with Gasteiger partial charge in [0.2, 0.25) is 0 Å². The highest BCUT2D eigenvalue weighted by Crippen LogP contribution is 2.25. The molecule has 1 aliphatic heterocycles. The van der Waals surface area contributed by atoms with E-state index in [-0.39, 0.29) is 11.9 Å². The second kappa shape index (κ2) is 10.6. The lowest BCUT2D eigenvalue weighted by Gasteiger charge is -2.29. The van der Waals surface area contributed by atoms with Gasteiger partial charge in [-0.2, -0.15) is 0 Å². The summed E-state index contributed by atoms with van der Waals surface area (Å²) in [7, 11) is 0. The summed E-state index contributed by atoms with van der Waals surface area (Å²) < 4.78 is 0. The van der Waals surface area contributed by atoms with Crippen LogP contribution in [-0.4, -0.2) is 36.5 Å². The van der Waals surface area contributed by atoms with E-state index in [0.717, 1.165) is 36.0 Å². The molecule has 0 atom stereocenters. The van der Waals surface area contributed by atoms with Crippen LogP contribution in [0.2, 0.25) is 5.02 Å². The Labute approximate surface area is 196 Å². The molecular weight excluding hydrogens is 444 g/mol. The number of hydrogen-bond donors (Lipinski definition) is 3.